The summed E-state index contributed by atoms with van der Waals surface area (Å²) >= 11 is 0. The Morgan fingerprint density at radius 1 is 1.75 bits per heavy atom. The maximum atomic E-state index is 9.51. The molecule has 0 aliphatic carbocycles. The van der Waals surface area contributed by atoms with Gasteiger partial charge in [-0.15, -0.1) is 0 Å². The van der Waals surface area contributed by atoms with Gasteiger partial charge in [-0.2, -0.15) is 0 Å². The van der Waals surface area contributed by atoms with Gasteiger partial charge in [-0.1, -0.05) is 13.0 Å². The van der Waals surface area contributed by atoms with Crippen molar-refractivity contribution in [3.8, 4) is 0 Å². The van der Waals surface area contributed by atoms with Crippen molar-refractivity contribution in [2.24, 2.45) is 5.73 Å². The zero-order valence-corrected chi connectivity index (χ0v) is 7.54. The van der Waals surface area contributed by atoms with Crippen LogP contribution in [0.5, 0.6) is 0 Å². The standard InChI is InChI=1S/C9H16N2O/c1-3-9(12)8-4-6(2)7(10)5-11-8/h4-5,8-9,11-12H,3,10H2,1-2H3. The predicted octanol–water partition coefficient (Wildman–Crippen LogP) is 0.475. The van der Waals surface area contributed by atoms with Gasteiger partial charge in [0.15, 0.2) is 0 Å². The molecule has 0 aromatic rings. The van der Waals surface area contributed by atoms with Crippen LogP contribution in [-0.4, -0.2) is 17.3 Å². The first kappa shape index (κ1) is 9.13. The highest BCUT2D eigenvalue weighted by molar-refractivity contribution is 5.31. The fraction of sp³-hybridized carbons (Fsp3) is 0.556. The van der Waals surface area contributed by atoms with Gasteiger partial charge in [0.2, 0.25) is 0 Å². The summed E-state index contributed by atoms with van der Waals surface area (Å²) in [5.74, 6) is 0. The molecule has 1 heterocycles. The smallest absolute Gasteiger partial charge is 0.0774 e. The summed E-state index contributed by atoms with van der Waals surface area (Å²) in [5, 5.41) is 12.5. The van der Waals surface area contributed by atoms with Gasteiger partial charge in [0, 0.05) is 6.20 Å². The van der Waals surface area contributed by atoms with Crippen molar-refractivity contribution in [3.63, 3.8) is 0 Å². The van der Waals surface area contributed by atoms with E-state index in [-0.39, 0.29) is 12.1 Å². The lowest BCUT2D eigenvalue weighted by Crippen LogP contribution is -2.37. The molecule has 4 N–H and O–H groups in total. The lowest BCUT2D eigenvalue weighted by molar-refractivity contribution is 0.146. The second kappa shape index (κ2) is 3.63. The third-order valence-electron chi connectivity index (χ3n) is 2.15. The molecule has 1 rings (SSSR count). The van der Waals surface area contributed by atoms with Crippen molar-refractivity contribution in [1.82, 2.24) is 5.32 Å². The fourth-order valence-electron chi connectivity index (χ4n) is 1.19. The highest BCUT2D eigenvalue weighted by Gasteiger charge is 2.16. The van der Waals surface area contributed by atoms with Gasteiger partial charge in [-0.25, -0.2) is 0 Å². The molecule has 2 atom stereocenters. The van der Waals surface area contributed by atoms with Gasteiger partial charge in [0.25, 0.3) is 0 Å². The number of aliphatic hydroxyl groups excluding tert-OH is 1. The summed E-state index contributed by atoms with van der Waals surface area (Å²) in [6.45, 7) is 3.90. The minimum Gasteiger partial charge on any atom is -0.397 e. The van der Waals surface area contributed by atoms with E-state index in [0.717, 1.165) is 17.7 Å². The molecule has 0 saturated heterocycles. The summed E-state index contributed by atoms with van der Waals surface area (Å²) < 4.78 is 0. The van der Waals surface area contributed by atoms with Gasteiger partial charge in [-0.05, 0) is 18.9 Å². The second-order valence-corrected chi connectivity index (χ2v) is 3.12. The van der Waals surface area contributed by atoms with Crippen LogP contribution in [0.25, 0.3) is 0 Å². The quantitative estimate of drug-likeness (QED) is 0.562. The molecule has 0 aromatic carbocycles. The summed E-state index contributed by atoms with van der Waals surface area (Å²) in [5.41, 5.74) is 7.41. The number of aliphatic hydroxyl groups is 1. The van der Waals surface area contributed by atoms with Gasteiger partial charge >= 0.3 is 0 Å². The Bertz CT molecular complexity index is 221. The molecule has 12 heavy (non-hydrogen) atoms. The van der Waals surface area contributed by atoms with Crippen LogP contribution in [0.1, 0.15) is 20.3 Å². The molecule has 1 aliphatic heterocycles. The van der Waals surface area contributed by atoms with E-state index in [4.69, 9.17) is 5.73 Å². The maximum absolute atomic E-state index is 9.51. The van der Waals surface area contributed by atoms with Crippen molar-refractivity contribution >= 4 is 0 Å². The molecule has 0 bridgehead atoms. The summed E-state index contributed by atoms with van der Waals surface area (Å²) in [4.78, 5) is 0. The summed E-state index contributed by atoms with van der Waals surface area (Å²) in [6.07, 6.45) is 4.13. The molecule has 0 aromatic heterocycles. The summed E-state index contributed by atoms with van der Waals surface area (Å²) in [6, 6.07) is 0.0160. The third kappa shape index (κ3) is 1.80. The van der Waals surface area contributed by atoms with E-state index in [1.165, 1.54) is 0 Å². The van der Waals surface area contributed by atoms with Crippen molar-refractivity contribution in [1.29, 1.82) is 0 Å². The molecule has 1 aliphatic rings. The predicted molar refractivity (Wildman–Crippen MR) is 49.2 cm³/mol. The Balaban J connectivity index is 2.65. The average Bonchev–Trinajstić information content (AvgIpc) is 2.08. The zero-order chi connectivity index (χ0) is 9.14. The van der Waals surface area contributed by atoms with Crippen LogP contribution in [0.2, 0.25) is 0 Å². The average molecular weight is 168 g/mol. The van der Waals surface area contributed by atoms with E-state index in [0.29, 0.717) is 0 Å². The minimum atomic E-state index is -0.329. The molecule has 0 radical (unpaired) electrons. The van der Waals surface area contributed by atoms with Crippen LogP contribution in [0.3, 0.4) is 0 Å². The molecule has 0 fully saturated rings. The lowest BCUT2D eigenvalue weighted by atomic mass is 10.0. The van der Waals surface area contributed by atoms with Crippen LogP contribution < -0.4 is 11.1 Å². The number of rotatable bonds is 2. The van der Waals surface area contributed by atoms with Crippen LogP contribution in [-0.2, 0) is 0 Å². The number of hydrogen-bond donors (Lipinski definition) is 3. The molecular weight excluding hydrogens is 152 g/mol. The largest absolute Gasteiger partial charge is 0.397 e. The first-order valence-electron chi connectivity index (χ1n) is 4.23. The van der Waals surface area contributed by atoms with Crippen molar-refractivity contribution in [2.75, 3.05) is 0 Å². The Hall–Kier alpha value is -0.960. The van der Waals surface area contributed by atoms with E-state index in [2.05, 4.69) is 5.32 Å². The Morgan fingerprint density at radius 3 is 2.92 bits per heavy atom. The van der Waals surface area contributed by atoms with Crippen LogP contribution in [0, 0.1) is 0 Å². The molecule has 2 unspecified atom stereocenters. The molecule has 0 saturated carbocycles. The monoisotopic (exact) mass is 168 g/mol. The maximum Gasteiger partial charge on any atom is 0.0774 e. The number of nitrogens with two attached hydrogens (primary N) is 1. The van der Waals surface area contributed by atoms with E-state index in [1.807, 2.05) is 19.9 Å². The van der Waals surface area contributed by atoms with Crippen LogP contribution in [0.15, 0.2) is 23.5 Å². The normalized spacial score (nSPS) is 25.4. The number of nitrogens with one attached hydrogen (secondary N) is 1. The van der Waals surface area contributed by atoms with Crippen LogP contribution >= 0.6 is 0 Å². The van der Waals surface area contributed by atoms with Gasteiger partial charge in [0.1, 0.15) is 0 Å². The molecular formula is C9H16N2O. The molecule has 0 amide bonds. The Labute approximate surface area is 73.0 Å². The molecule has 68 valence electrons. The number of allylic oxidation sites excluding steroid dienone is 1. The Morgan fingerprint density at radius 2 is 2.42 bits per heavy atom. The van der Waals surface area contributed by atoms with Gasteiger partial charge in [-0.3, -0.25) is 0 Å². The van der Waals surface area contributed by atoms with Crippen molar-refractivity contribution in [3.05, 3.63) is 23.5 Å². The topological polar surface area (TPSA) is 58.3 Å². The van der Waals surface area contributed by atoms with E-state index in [9.17, 15) is 5.11 Å². The van der Waals surface area contributed by atoms with E-state index >= 15 is 0 Å². The molecule has 0 spiro atoms. The highest BCUT2D eigenvalue weighted by Crippen LogP contribution is 2.12. The molecule has 3 heteroatoms. The van der Waals surface area contributed by atoms with E-state index < -0.39 is 0 Å². The van der Waals surface area contributed by atoms with Gasteiger partial charge in [0.05, 0.1) is 17.8 Å². The SMILES string of the molecule is CCC(O)C1C=C(C)C(N)=CN1. The highest BCUT2D eigenvalue weighted by atomic mass is 16.3. The molecule has 3 nitrogen and oxygen atoms in total. The number of hydrogen-bond acceptors (Lipinski definition) is 3. The van der Waals surface area contributed by atoms with Crippen molar-refractivity contribution < 1.29 is 5.11 Å². The lowest BCUT2D eigenvalue weighted by Gasteiger charge is -2.23. The van der Waals surface area contributed by atoms with Crippen molar-refractivity contribution in [2.45, 2.75) is 32.4 Å². The minimum absolute atomic E-state index is 0.0160. The second-order valence-electron chi connectivity index (χ2n) is 3.12. The fourth-order valence-corrected chi connectivity index (χ4v) is 1.19. The number of dihydropyridines is 1. The summed E-state index contributed by atoms with van der Waals surface area (Å²) in [7, 11) is 0. The first-order chi connectivity index (χ1) is 5.65. The van der Waals surface area contributed by atoms with Crippen LogP contribution in [0.4, 0.5) is 0 Å². The van der Waals surface area contributed by atoms with E-state index in [1.54, 1.807) is 6.20 Å². The first-order valence-corrected chi connectivity index (χ1v) is 4.23. The Kier molecular flexibility index (Phi) is 2.76. The van der Waals surface area contributed by atoms with Gasteiger partial charge < -0.3 is 16.2 Å². The third-order valence-corrected chi connectivity index (χ3v) is 2.15. The zero-order valence-electron chi connectivity index (χ0n) is 7.54.